The van der Waals surface area contributed by atoms with Crippen molar-refractivity contribution in [3.63, 3.8) is 0 Å². The Kier molecular flexibility index (Phi) is 3.99. The van der Waals surface area contributed by atoms with Crippen LogP contribution in [0.5, 0.6) is 0 Å². The fraction of sp³-hybridized carbons (Fsp3) is 0.308. The van der Waals surface area contributed by atoms with Crippen molar-refractivity contribution in [2.24, 2.45) is 0 Å². The number of imide groups is 1. The molecule has 2 rings (SSSR count). The Morgan fingerprint density at radius 1 is 1.35 bits per heavy atom. The van der Waals surface area contributed by atoms with Gasteiger partial charge in [-0.1, -0.05) is 6.07 Å². The van der Waals surface area contributed by atoms with Gasteiger partial charge in [0.05, 0.1) is 11.4 Å². The Morgan fingerprint density at radius 2 is 2.00 bits per heavy atom. The van der Waals surface area contributed by atoms with E-state index in [9.17, 15) is 14.4 Å². The summed E-state index contributed by atoms with van der Waals surface area (Å²) in [5.41, 5.74) is 7.63. The molecule has 0 bridgehead atoms. The smallest absolute Gasteiger partial charge is 0.255 e. The molecule has 7 nitrogen and oxygen atoms in total. The van der Waals surface area contributed by atoms with Crippen molar-refractivity contribution < 1.29 is 19.1 Å². The zero-order chi connectivity index (χ0) is 14.7. The Morgan fingerprint density at radius 3 is 2.60 bits per heavy atom. The van der Waals surface area contributed by atoms with E-state index >= 15 is 0 Å². The van der Waals surface area contributed by atoms with E-state index in [1.807, 2.05) is 6.92 Å². The van der Waals surface area contributed by atoms with Crippen LogP contribution in [0.3, 0.4) is 0 Å². The summed E-state index contributed by atoms with van der Waals surface area (Å²) in [6.07, 6.45) is 0. The number of amides is 3. The lowest BCUT2D eigenvalue weighted by Gasteiger charge is -2.24. The normalized spacial score (nSPS) is 15.3. The summed E-state index contributed by atoms with van der Waals surface area (Å²) in [7, 11) is 0. The number of nitrogens with zero attached hydrogens (tertiary/aromatic N) is 1. The van der Waals surface area contributed by atoms with E-state index in [0.29, 0.717) is 11.4 Å². The van der Waals surface area contributed by atoms with E-state index in [0.717, 1.165) is 10.5 Å². The molecule has 1 aromatic rings. The van der Waals surface area contributed by atoms with E-state index in [1.165, 1.54) is 0 Å². The lowest BCUT2D eigenvalue weighted by molar-refractivity contribution is -0.159. The van der Waals surface area contributed by atoms with Gasteiger partial charge in [0.1, 0.15) is 19.8 Å². The predicted molar refractivity (Wildman–Crippen MR) is 71.8 cm³/mol. The standard InChI is InChI=1S/C13H15N3O4/c1-8-2-3-10(9(14)4-8)15-11(17)5-16-12(18)6-20-7-13(16)19/h2-4H,5-7,14H2,1H3,(H,15,17). The van der Waals surface area contributed by atoms with Crippen LogP contribution in [0.15, 0.2) is 18.2 Å². The van der Waals surface area contributed by atoms with Crippen molar-refractivity contribution in [2.75, 3.05) is 30.8 Å². The third-order valence-electron chi connectivity index (χ3n) is 2.84. The van der Waals surface area contributed by atoms with Gasteiger partial charge in [-0.05, 0) is 24.6 Å². The van der Waals surface area contributed by atoms with Crippen molar-refractivity contribution in [3.8, 4) is 0 Å². The summed E-state index contributed by atoms with van der Waals surface area (Å²) < 4.78 is 4.76. The summed E-state index contributed by atoms with van der Waals surface area (Å²) in [5, 5.41) is 2.57. The second-order valence-corrected chi connectivity index (χ2v) is 4.51. The Bertz CT molecular complexity index is 555. The first-order valence-electron chi connectivity index (χ1n) is 6.04. The van der Waals surface area contributed by atoms with E-state index < -0.39 is 17.7 Å². The maximum atomic E-state index is 11.9. The number of aryl methyl sites for hydroxylation is 1. The molecule has 106 valence electrons. The molecule has 0 atom stereocenters. The first-order valence-corrected chi connectivity index (χ1v) is 6.04. The number of carbonyl (C=O) groups excluding carboxylic acids is 3. The van der Waals surface area contributed by atoms with Gasteiger partial charge in [0.15, 0.2) is 0 Å². The van der Waals surface area contributed by atoms with Crippen LogP contribution >= 0.6 is 0 Å². The zero-order valence-electron chi connectivity index (χ0n) is 11.0. The molecular formula is C13H15N3O4. The largest absolute Gasteiger partial charge is 0.397 e. The monoisotopic (exact) mass is 277 g/mol. The van der Waals surface area contributed by atoms with Crippen LogP contribution in [-0.4, -0.2) is 42.4 Å². The molecule has 0 saturated carbocycles. The number of rotatable bonds is 3. The van der Waals surface area contributed by atoms with E-state index in [2.05, 4.69) is 5.32 Å². The van der Waals surface area contributed by atoms with Crippen molar-refractivity contribution in [2.45, 2.75) is 6.92 Å². The fourth-order valence-corrected chi connectivity index (χ4v) is 1.83. The van der Waals surface area contributed by atoms with Crippen molar-refractivity contribution in [1.82, 2.24) is 4.90 Å². The van der Waals surface area contributed by atoms with E-state index in [4.69, 9.17) is 10.5 Å². The summed E-state index contributed by atoms with van der Waals surface area (Å²) in [4.78, 5) is 35.7. The summed E-state index contributed by atoms with van der Waals surface area (Å²) in [5.74, 6) is -1.52. The minimum Gasteiger partial charge on any atom is -0.397 e. The minimum absolute atomic E-state index is 0.189. The number of nitrogen functional groups attached to an aromatic ring is 1. The van der Waals surface area contributed by atoms with Gasteiger partial charge >= 0.3 is 0 Å². The van der Waals surface area contributed by atoms with Gasteiger partial charge in [0.25, 0.3) is 11.8 Å². The van der Waals surface area contributed by atoms with Crippen LogP contribution in [-0.2, 0) is 19.1 Å². The number of anilines is 2. The Balaban J connectivity index is 2.01. The maximum absolute atomic E-state index is 11.9. The molecule has 1 fully saturated rings. The number of hydrogen-bond acceptors (Lipinski definition) is 5. The SMILES string of the molecule is Cc1ccc(NC(=O)CN2C(=O)COCC2=O)c(N)c1. The van der Waals surface area contributed by atoms with Crippen molar-refractivity contribution in [3.05, 3.63) is 23.8 Å². The number of nitrogens with two attached hydrogens (primary N) is 1. The van der Waals surface area contributed by atoms with Crippen LogP contribution in [0, 0.1) is 6.92 Å². The molecule has 0 aromatic heterocycles. The van der Waals surface area contributed by atoms with Gasteiger partial charge in [0, 0.05) is 0 Å². The number of morpholine rings is 1. The minimum atomic E-state index is -0.520. The molecule has 1 heterocycles. The van der Waals surface area contributed by atoms with Gasteiger partial charge in [-0.25, -0.2) is 0 Å². The molecule has 0 aliphatic carbocycles. The third-order valence-corrected chi connectivity index (χ3v) is 2.84. The maximum Gasteiger partial charge on any atom is 0.255 e. The quantitative estimate of drug-likeness (QED) is 0.593. The second kappa shape index (κ2) is 5.70. The predicted octanol–water partition coefficient (Wildman–Crippen LogP) is -0.0989. The van der Waals surface area contributed by atoms with Crippen LogP contribution in [0.25, 0.3) is 0 Å². The van der Waals surface area contributed by atoms with Gasteiger partial charge in [-0.3, -0.25) is 19.3 Å². The number of benzene rings is 1. The topological polar surface area (TPSA) is 102 Å². The van der Waals surface area contributed by atoms with Gasteiger partial charge in [0.2, 0.25) is 5.91 Å². The average molecular weight is 277 g/mol. The highest BCUT2D eigenvalue weighted by Crippen LogP contribution is 2.19. The molecule has 1 aliphatic rings. The fourth-order valence-electron chi connectivity index (χ4n) is 1.83. The van der Waals surface area contributed by atoms with Gasteiger partial charge in [-0.2, -0.15) is 0 Å². The first-order chi connectivity index (χ1) is 9.47. The number of carbonyl (C=O) groups is 3. The molecule has 3 amide bonds. The summed E-state index contributed by atoms with van der Waals surface area (Å²) in [6.45, 7) is 1.17. The molecule has 0 spiro atoms. The molecule has 3 N–H and O–H groups in total. The second-order valence-electron chi connectivity index (χ2n) is 4.51. The molecular weight excluding hydrogens is 262 g/mol. The van der Waals surface area contributed by atoms with Crippen LogP contribution < -0.4 is 11.1 Å². The number of nitrogens with one attached hydrogen (secondary N) is 1. The van der Waals surface area contributed by atoms with E-state index in [-0.39, 0.29) is 19.8 Å². The molecule has 1 saturated heterocycles. The zero-order valence-corrected chi connectivity index (χ0v) is 11.0. The molecule has 7 heteroatoms. The lowest BCUT2D eigenvalue weighted by Crippen LogP contribution is -2.49. The summed E-state index contributed by atoms with van der Waals surface area (Å²) >= 11 is 0. The average Bonchev–Trinajstić information content (AvgIpc) is 2.37. The Labute approximate surface area is 115 Å². The van der Waals surface area contributed by atoms with E-state index in [1.54, 1.807) is 18.2 Å². The van der Waals surface area contributed by atoms with Crippen LogP contribution in [0.1, 0.15) is 5.56 Å². The van der Waals surface area contributed by atoms with Crippen LogP contribution in [0.4, 0.5) is 11.4 Å². The highest BCUT2D eigenvalue weighted by atomic mass is 16.5. The Hall–Kier alpha value is -2.41. The van der Waals surface area contributed by atoms with Crippen molar-refractivity contribution >= 4 is 29.1 Å². The highest BCUT2D eigenvalue weighted by Gasteiger charge is 2.28. The van der Waals surface area contributed by atoms with Gasteiger partial charge < -0.3 is 15.8 Å². The first kappa shape index (κ1) is 14.0. The molecule has 0 unspecified atom stereocenters. The molecule has 20 heavy (non-hydrogen) atoms. The van der Waals surface area contributed by atoms with Gasteiger partial charge in [-0.15, -0.1) is 0 Å². The molecule has 1 aromatic carbocycles. The molecule has 1 aliphatic heterocycles. The van der Waals surface area contributed by atoms with Crippen LogP contribution in [0.2, 0.25) is 0 Å². The lowest BCUT2D eigenvalue weighted by atomic mass is 10.2. The molecule has 0 radical (unpaired) electrons. The third kappa shape index (κ3) is 3.12. The number of ether oxygens (including phenoxy) is 1. The summed E-state index contributed by atoms with van der Waals surface area (Å²) in [6, 6.07) is 5.20. The van der Waals surface area contributed by atoms with Crippen molar-refractivity contribution in [1.29, 1.82) is 0 Å². The highest BCUT2D eigenvalue weighted by molar-refractivity contribution is 6.04. The number of hydrogen-bond donors (Lipinski definition) is 2.